The number of aromatic nitrogens is 3. The highest BCUT2D eigenvalue weighted by Crippen LogP contribution is 2.23. The molecule has 0 bridgehead atoms. The van der Waals surface area contributed by atoms with Crippen molar-refractivity contribution in [2.45, 2.75) is 20.4 Å². The molecule has 2 aromatic heterocycles. The first-order chi connectivity index (χ1) is 9.56. The van der Waals surface area contributed by atoms with Gasteiger partial charge in [-0.15, -0.1) is 0 Å². The quantitative estimate of drug-likeness (QED) is 0.882. The molecular weight excluding hydrogens is 259 g/mol. The number of nitrogens with one attached hydrogen (secondary N) is 1. The van der Waals surface area contributed by atoms with Gasteiger partial charge in [0.2, 0.25) is 0 Å². The van der Waals surface area contributed by atoms with E-state index in [1.165, 1.54) is 6.20 Å². The van der Waals surface area contributed by atoms with E-state index < -0.39 is 5.82 Å². The number of hydrogen-bond acceptors (Lipinski definition) is 4. The van der Waals surface area contributed by atoms with Gasteiger partial charge in [0.1, 0.15) is 0 Å². The van der Waals surface area contributed by atoms with Crippen LogP contribution in [0.5, 0.6) is 11.6 Å². The first-order valence-corrected chi connectivity index (χ1v) is 6.57. The van der Waals surface area contributed by atoms with E-state index >= 15 is 0 Å². The Hall–Kier alpha value is -1.95. The smallest absolute Gasteiger partial charge is 0.256 e. The summed E-state index contributed by atoms with van der Waals surface area (Å²) in [4.78, 5) is 3.92. The maximum absolute atomic E-state index is 14.2. The van der Waals surface area contributed by atoms with Crippen LogP contribution in [0.4, 0.5) is 4.39 Å². The molecule has 0 fully saturated rings. The van der Waals surface area contributed by atoms with E-state index in [0.717, 1.165) is 6.54 Å². The molecule has 0 aromatic carbocycles. The van der Waals surface area contributed by atoms with E-state index in [1.807, 2.05) is 0 Å². The van der Waals surface area contributed by atoms with Gasteiger partial charge in [0.25, 0.3) is 5.88 Å². The van der Waals surface area contributed by atoms with Gasteiger partial charge in [-0.2, -0.15) is 5.10 Å². The normalized spacial score (nSPS) is 11.1. The summed E-state index contributed by atoms with van der Waals surface area (Å²) in [6.45, 7) is 5.50. The van der Waals surface area contributed by atoms with Gasteiger partial charge >= 0.3 is 0 Å². The lowest BCUT2D eigenvalue weighted by molar-refractivity contribution is 0.416. The Bertz CT molecular complexity index is 568. The summed E-state index contributed by atoms with van der Waals surface area (Å²) in [5.41, 5.74) is 0.541. The summed E-state index contributed by atoms with van der Waals surface area (Å²) in [6.07, 6.45) is 4.72. The van der Waals surface area contributed by atoms with Crippen LogP contribution in [-0.2, 0) is 13.6 Å². The van der Waals surface area contributed by atoms with Gasteiger partial charge in [0, 0.05) is 25.4 Å². The van der Waals surface area contributed by atoms with Gasteiger partial charge in [-0.3, -0.25) is 4.68 Å². The van der Waals surface area contributed by atoms with Gasteiger partial charge in [-0.25, -0.2) is 9.37 Å². The molecule has 2 rings (SSSR count). The van der Waals surface area contributed by atoms with Crippen molar-refractivity contribution in [1.29, 1.82) is 0 Å². The minimum Gasteiger partial charge on any atom is -0.433 e. The fourth-order valence-electron chi connectivity index (χ4n) is 1.73. The molecule has 0 atom stereocenters. The molecule has 0 radical (unpaired) electrons. The number of ether oxygens (including phenoxy) is 1. The molecule has 0 unspecified atom stereocenters. The van der Waals surface area contributed by atoms with E-state index in [4.69, 9.17) is 4.74 Å². The van der Waals surface area contributed by atoms with Crippen LogP contribution >= 0.6 is 0 Å². The SMILES string of the molecule is CC(C)CNCc1ccnc(Oc2cnn(C)c2)c1F. The predicted octanol–water partition coefficient (Wildman–Crippen LogP) is 2.49. The third-order valence-electron chi connectivity index (χ3n) is 2.70. The van der Waals surface area contributed by atoms with Gasteiger partial charge in [0.15, 0.2) is 11.6 Å². The summed E-state index contributed by atoms with van der Waals surface area (Å²) in [7, 11) is 1.77. The minimum absolute atomic E-state index is 0.0261. The van der Waals surface area contributed by atoms with Crippen LogP contribution in [0, 0.1) is 11.7 Å². The molecule has 0 spiro atoms. The van der Waals surface area contributed by atoms with E-state index in [9.17, 15) is 4.39 Å². The van der Waals surface area contributed by atoms with Gasteiger partial charge in [-0.1, -0.05) is 13.8 Å². The molecular formula is C14H19FN4O. The number of pyridine rings is 1. The standard InChI is InChI=1S/C14H19FN4O/c1-10(2)6-16-7-11-4-5-17-14(13(11)15)20-12-8-18-19(3)9-12/h4-5,8-10,16H,6-7H2,1-3H3. The van der Waals surface area contributed by atoms with Crippen LogP contribution in [-0.4, -0.2) is 21.3 Å². The summed E-state index contributed by atoms with van der Waals surface area (Å²) in [5.74, 6) is 0.520. The van der Waals surface area contributed by atoms with Crippen molar-refractivity contribution >= 4 is 0 Å². The van der Waals surface area contributed by atoms with Crippen molar-refractivity contribution in [3.05, 3.63) is 36.0 Å². The second kappa shape index (κ2) is 6.47. The number of rotatable bonds is 6. The Kier molecular flexibility index (Phi) is 4.68. The van der Waals surface area contributed by atoms with Crippen molar-refractivity contribution in [1.82, 2.24) is 20.1 Å². The van der Waals surface area contributed by atoms with Crippen molar-refractivity contribution in [2.75, 3.05) is 6.54 Å². The van der Waals surface area contributed by atoms with E-state index in [-0.39, 0.29) is 5.88 Å². The zero-order chi connectivity index (χ0) is 14.5. The van der Waals surface area contributed by atoms with Crippen molar-refractivity contribution in [2.24, 2.45) is 13.0 Å². The fraction of sp³-hybridized carbons (Fsp3) is 0.429. The number of hydrogen-bond donors (Lipinski definition) is 1. The zero-order valence-electron chi connectivity index (χ0n) is 11.9. The molecule has 0 aliphatic rings. The summed E-state index contributed by atoms with van der Waals surface area (Å²) < 4.78 is 21.2. The molecule has 6 heteroatoms. The second-order valence-electron chi connectivity index (χ2n) is 5.07. The first-order valence-electron chi connectivity index (χ1n) is 6.57. The number of halogens is 1. The molecule has 20 heavy (non-hydrogen) atoms. The molecule has 1 N–H and O–H groups in total. The van der Waals surface area contributed by atoms with E-state index in [1.54, 1.807) is 30.2 Å². The van der Waals surface area contributed by atoms with Crippen molar-refractivity contribution in [3.63, 3.8) is 0 Å². The molecule has 2 heterocycles. The zero-order valence-corrected chi connectivity index (χ0v) is 11.9. The average molecular weight is 278 g/mol. The topological polar surface area (TPSA) is 52.0 Å². The maximum Gasteiger partial charge on any atom is 0.256 e. The molecule has 5 nitrogen and oxygen atoms in total. The molecule has 0 saturated heterocycles. The summed E-state index contributed by atoms with van der Waals surface area (Å²) in [6, 6.07) is 1.65. The molecule has 0 aliphatic heterocycles. The van der Waals surface area contributed by atoms with Crippen LogP contribution in [0.3, 0.4) is 0 Å². The van der Waals surface area contributed by atoms with Gasteiger partial charge < -0.3 is 10.1 Å². The van der Waals surface area contributed by atoms with E-state index in [0.29, 0.717) is 23.8 Å². The molecule has 0 amide bonds. The lowest BCUT2D eigenvalue weighted by atomic mass is 10.2. The summed E-state index contributed by atoms with van der Waals surface area (Å²) in [5, 5.41) is 7.16. The number of aryl methyl sites for hydroxylation is 1. The van der Waals surface area contributed by atoms with Gasteiger partial charge in [-0.05, 0) is 18.5 Å². The Labute approximate surface area is 117 Å². The van der Waals surface area contributed by atoms with Crippen molar-refractivity contribution < 1.29 is 9.13 Å². The highest BCUT2D eigenvalue weighted by atomic mass is 19.1. The second-order valence-corrected chi connectivity index (χ2v) is 5.07. The first kappa shape index (κ1) is 14.5. The highest BCUT2D eigenvalue weighted by Gasteiger charge is 2.12. The molecule has 108 valence electrons. The molecule has 2 aromatic rings. The number of nitrogens with zero attached hydrogens (tertiary/aromatic N) is 3. The Morgan fingerprint density at radius 2 is 2.25 bits per heavy atom. The monoisotopic (exact) mass is 278 g/mol. The lowest BCUT2D eigenvalue weighted by Crippen LogP contribution is -2.19. The van der Waals surface area contributed by atoms with Crippen LogP contribution in [0.25, 0.3) is 0 Å². The van der Waals surface area contributed by atoms with Crippen LogP contribution in [0.15, 0.2) is 24.7 Å². The lowest BCUT2D eigenvalue weighted by Gasteiger charge is -2.10. The molecule has 0 aliphatic carbocycles. The largest absolute Gasteiger partial charge is 0.433 e. The predicted molar refractivity (Wildman–Crippen MR) is 74.0 cm³/mol. The van der Waals surface area contributed by atoms with E-state index in [2.05, 4.69) is 29.2 Å². The summed E-state index contributed by atoms with van der Waals surface area (Å²) >= 11 is 0. The minimum atomic E-state index is -0.437. The van der Waals surface area contributed by atoms with Crippen LogP contribution in [0.2, 0.25) is 0 Å². The Balaban J connectivity index is 2.06. The fourth-order valence-corrected chi connectivity index (χ4v) is 1.73. The molecule has 0 saturated carbocycles. The Morgan fingerprint density at radius 3 is 2.90 bits per heavy atom. The third kappa shape index (κ3) is 3.77. The van der Waals surface area contributed by atoms with Crippen LogP contribution < -0.4 is 10.1 Å². The average Bonchev–Trinajstić information content (AvgIpc) is 2.79. The van der Waals surface area contributed by atoms with Gasteiger partial charge in [0.05, 0.1) is 12.4 Å². The van der Waals surface area contributed by atoms with Crippen LogP contribution in [0.1, 0.15) is 19.4 Å². The Morgan fingerprint density at radius 1 is 1.45 bits per heavy atom. The maximum atomic E-state index is 14.2. The highest BCUT2D eigenvalue weighted by molar-refractivity contribution is 5.27. The van der Waals surface area contributed by atoms with Crippen molar-refractivity contribution in [3.8, 4) is 11.6 Å². The third-order valence-corrected chi connectivity index (χ3v) is 2.70.